The molecule has 2 rings (SSSR count). The van der Waals surface area contributed by atoms with E-state index in [9.17, 15) is 5.11 Å². The van der Waals surface area contributed by atoms with Crippen LogP contribution >= 0.6 is 23.5 Å². The molecule has 1 aromatic heterocycles. The second kappa shape index (κ2) is 5.63. The third-order valence-corrected chi connectivity index (χ3v) is 6.61. The second-order valence-corrected chi connectivity index (χ2v) is 7.60. The molecule has 1 saturated heterocycles. The minimum Gasteiger partial charge on any atom is -0.392 e. The summed E-state index contributed by atoms with van der Waals surface area (Å²) in [6, 6.07) is 0. The lowest BCUT2D eigenvalue weighted by Gasteiger charge is -2.33. The first kappa shape index (κ1) is 13.2. The molecule has 0 saturated carbocycles. The van der Waals surface area contributed by atoms with Crippen LogP contribution in [0.25, 0.3) is 0 Å². The smallest absolute Gasteiger partial charge is 0.0853 e. The minimum absolute atomic E-state index is 0.313. The zero-order chi connectivity index (χ0) is 12.4. The van der Waals surface area contributed by atoms with Crippen LogP contribution in [0, 0.1) is 0 Å². The summed E-state index contributed by atoms with van der Waals surface area (Å²) in [6.45, 7) is 4.50. The third kappa shape index (κ3) is 3.39. The van der Waals surface area contributed by atoms with Crippen molar-refractivity contribution in [3.63, 3.8) is 0 Å². The first-order chi connectivity index (χ1) is 8.06. The maximum atomic E-state index is 10.2. The summed E-state index contributed by atoms with van der Waals surface area (Å²) in [5, 5.41) is 19.7. The summed E-state index contributed by atoms with van der Waals surface area (Å²) < 4.78 is 1.68. The molecule has 4 nitrogen and oxygen atoms in total. The number of nitrogens with zero attached hydrogens (tertiary/aromatic N) is 3. The molecule has 0 radical (unpaired) electrons. The molecule has 0 bridgehead atoms. The van der Waals surface area contributed by atoms with E-state index < -0.39 is 0 Å². The van der Waals surface area contributed by atoms with Crippen LogP contribution in [0.1, 0.15) is 19.5 Å². The number of rotatable bonds is 3. The summed E-state index contributed by atoms with van der Waals surface area (Å²) in [5.41, 5.74) is 0.872. The van der Waals surface area contributed by atoms with Crippen molar-refractivity contribution in [2.75, 3.05) is 5.75 Å². The van der Waals surface area contributed by atoms with Crippen molar-refractivity contribution in [1.29, 1.82) is 0 Å². The fraction of sp³-hybridized carbons (Fsp3) is 0.818. The number of hydrogen-bond donors (Lipinski definition) is 1. The summed E-state index contributed by atoms with van der Waals surface area (Å²) >= 11 is 3.86. The molecule has 2 heterocycles. The monoisotopic (exact) mass is 273 g/mol. The van der Waals surface area contributed by atoms with Gasteiger partial charge in [0.15, 0.2) is 0 Å². The lowest BCUT2D eigenvalue weighted by atomic mass is 10.1. The molecule has 96 valence electrons. The molecule has 6 heteroatoms. The van der Waals surface area contributed by atoms with Gasteiger partial charge in [0.1, 0.15) is 0 Å². The van der Waals surface area contributed by atoms with E-state index in [2.05, 4.69) is 24.2 Å². The van der Waals surface area contributed by atoms with Crippen LogP contribution in [0.5, 0.6) is 0 Å². The molecule has 0 spiro atoms. The molecule has 4 unspecified atom stereocenters. The maximum absolute atomic E-state index is 10.2. The predicted octanol–water partition coefficient (Wildman–Crippen LogP) is 1.34. The van der Waals surface area contributed by atoms with Gasteiger partial charge in [-0.15, -0.1) is 5.10 Å². The fourth-order valence-corrected chi connectivity index (χ4v) is 4.86. The molecular weight excluding hydrogens is 254 g/mol. The second-order valence-electron chi connectivity index (χ2n) is 4.57. The molecule has 4 atom stereocenters. The summed E-state index contributed by atoms with van der Waals surface area (Å²) in [5.74, 6) is 1.03. The van der Waals surface area contributed by atoms with Crippen LogP contribution in [-0.4, -0.2) is 47.7 Å². The Balaban J connectivity index is 1.90. The van der Waals surface area contributed by atoms with E-state index in [0.717, 1.165) is 11.4 Å². The van der Waals surface area contributed by atoms with Gasteiger partial charge in [-0.05, 0) is 0 Å². The van der Waals surface area contributed by atoms with E-state index in [1.807, 2.05) is 36.8 Å². The zero-order valence-electron chi connectivity index (χ0n) is 10.4. The molecule has 1 aromatic rings. The van der Waals surface area contributed by atoms with Crippen LogP contribution in [0.2, 0.25) is 0 Å². The normalized spacial score (nSPS) is 31.4. The highest BCUT2D eigenvalue weighted by atomic mass is 32.2. The van der Waals surface area contributed by atoms with Crippen molar-refractivity contribution in [1.82, 2.24) is 15.0 Å². The molecule has 1 N–H and O–H groups in total. The quantitative estimate of drug-likeness (QED) is 0.901. The number of hydrogen-bond acceptors (Lipinski definition) is 5. The van der Waals surface area contributed by atoms with Gasteiger partial charge in [-0.1, -0.05) is 19.1 Å². The van der Waals surface area contributed by atoms with E-state index in [1.165, 1.54) is 0 Å². The van der Waals surface area contributed by atoms with E-state index >= 15 is 0 Å². The Morgan fingerprint density at radius 1 is 1.53 bits per heavy atom. The highest BCUT2D eigenvalue weighted by Crippen LogP contribution is 2.37. The van der Waals surface area contributed by atoms with E-state index in [4.69, 9.17) is 0 Å². The van der Waals surface area contributed by atoms with Gasteiger partial charge in [0, 0.05) is 41.2 Å². The van der Waals surface area contributed by atoms with E-state index in [-0.39, 0.29) is 6.10 Å². The molecule has 17 heavy (non-hydrogen) atoms. The minimum atomic E-state index is -0.320. The summed E-state index contributed by atoms with van der Waals surface area (Å²) in [4.78, 5) is 0. The van der Waals surface area contributed by atoms with E-state index in [0.29, 0.717) is 22.2 Å². The number of aryl methyl sites for hydroxylation is 1. The Morgan fingerprint density at radius 3 is 2.88 bits per heavy atom. The Labute approximate surface area is 111 Å². The van der Waals surface area contributed by atoms with Crippen molar-refractivity contribution < 1.29 is 5.11 Å². The van der Waals surface area contributed by atoms with Gasteiger partial charge in [-0.3, -0.25) is 4.68 Å². The number of aromatic nitrogens is 3. The lowest BCUT2D eigenvalue weighted by molar-refractivity contribution is 0.176. The van der Waals surface area contributed by atoms with Crippen LogP contribution in [0.4, 0.5) is 0 Å². The SMILES string of the molecule is CC1SCC(C(O)Cc2cn(C)nn2)SC1C. The van der Waals surface area contributed by atoms with Gasteiger partial charge in [-0.25, -0.2) is 0 Å². The Morgan fingerprint density at radius 2 is 2.29 bits per heavy atom. The van der Waals surface area contributed by atoms with Gasteiger partial charge in [0.05, 0.1) is 11.8 Å². The number of thioether (sulfide) groups is 2. The van der Waals surface area contributed by atoms with Crippen molar-refractivity contribution in [3.05, 3.63) is 11.9 Å². The molecule has 0 aromatic carbocycles. The highest BCUT2D eigenvalue weighted by molar-refractivity contribution is 8.07. The maximum Gasteiger partial charge on any atom is 0.0853 e. The number of aliphatic hydroxyl groups is 1. The predicted molar refractivity (Wildman–Crippen MR) is 73.5 cm³/mol. The van der Waals surface area contributed by atoms with Crippen LogP contribution in [-0.2, 0) is 13.5 Å². The first-order valence-electron chi connectivity index (χ1n) is 5.86. The molecule has 0 amide bonds. The molecule has 0 aliphatic carbocycles. The third-order valence-electron chi connectivity index (χ3n) is 3.07. The molecule has 1 aliphatic rings. The van der Waals surface area contributed by atoms with Gasteiger partial charge in [0.2, 0.25) is 0 Å². The Bertz CT molecular complexity index is 371. The fourth-order valence-electron chi connectivity index (χ4n) is 1.84. The topological polar surface area (TPSA) is 50.9 Å². The zero-order valence-corrected chi connectivity index (χ0v) is 12.0. The summed E-state index contributed by atoms with van der Waals surface area (Å²) in [6.07, 6.45) is 2.16. The van der Waals surface area contributed by atoms with Gasteiger partial charge in [0.25, 0.3) is 0 Å². The average Bonchev–Trinajstić information content (AvgIpc) is 2.68. The largest absolute Gasteiger partial charge is 0.392 e. The van der Waals surface area contributed by atoms with Crippen molar-refractivity contribution in [3.8, 4) is 0 Å². The van der Waals surface area contributed by atoms with Crippen molar-refractivity contribution in [2.45, 2.75) is 42.1 Å². The van der Waals surface area contributed by atoms with Gasteiger partial charge in [-0.2, -0.15) is 23.5 Å². The van der Waals surface area contributed by atoms with Crippen molar-refractivity contribution in [2.24, 2.45) is 7.05 Å². The average molecular weight is 273 g/mol. The molecular formula is C11H19N3OS2. The van der Waals surface area contributed by atoms with Crippen LogP contribution < -0.4 is 0 Å². The van der Waals surface area contributed by atoms with Gasteiger partial charge < -0.3 is 5.11 Å². The first-order valence-corrected chi connectivity index (χ1v) is 7.85. The molecule has 1 aliphatic heterocycles. The van der Waals surface area contributed by atoms with E-state index in [1.54, 1.807) is 4.68 Å². The highest BCUT2D eigenvalue weighted by Gasteiger charge is 2.30. The Hall–Kier alpha value is -0.200. The lowest BCUT2D eigenvalue weighted by Crippen LogP contribution is -2.35. The Kier molecular flexibility index (Phi) is 4.38. The van der Waals surface area contributed by atoms with Crippen LogP contribution in [0.15, 0.2) is 6.20 Å². The standard InChI is InChI=1S/C11H19N3OS2/c1-7-8(2)17-11(6-16-7)10(15)4-9-5-14(3)13-12-9/h5,7-8,10-11,15H,4,6H2,1-3H3. The van der Waals surface area contributed by atoms with Gasteiger partial charge >= 0.3 is 0 Å². The van der Waals surface area contributed by atoms with Crippen LogP contribution in [0.3, 0.4) is 0 Å². The number of aliphatic hydroxyl groups excluding tert-OH is 1. The molecule has 1 fully saturated rings. The summed E-state index contributed by atoms with van der Waals surface area (Å²) in [7, 11) is 1.85. The van der Waals surface area contributed by atoms with Crippen molar-refractivity contribution >= 4 is 23.5 Å².